The molecule has 1 atom stereocenters. The van der Waals surface area contributed by atoms with Crippen LogP contribution in [-0.2, 0) is 9.53 Å². The van der Waals surface area contributed by atoms with E-state index in [1.165, 1.54) is 0 Å². The van der Waals surface area contributed by atoms with Crippen LogP contribution in [0.1, 0.15) is 0 Å². The Balaban J connectivity index is 0. The van der Waals surface area contributed by atoms with Gasteiger partial charge in [0.25, 0.3) is 0 Å². The van der Waals surface area contributed by atoms with Crippen LogP contribution in [0.3, 0.4) is 0 Å². The summed E-state index contributed by atoms with van der Waals surface area (Å²) in [5.41, 5.74) is 0. The van der Waals surface area contributed by atoms with Gasteiger partial charge in [0, 0.05) is 0 Å². The molecule has 0 aliphatic rings. The fourth-order valence-electron chi connectivity index (χ4n) is 0.213. The van der Waals surface area contributed by atoms with Crippen molar-refractivity contribution in [3.63, 3.8) is 0 Å². The SMILES string of the molecule is O=C(C(F)(F)F)C(F)(F)F.OC(F)OCF. The van der Waals surface area contributed by atoms with E-state index in [1.807, 2.05) is 0 Å². The Hall–Kier alpha value is -0.970. The van der Waals surface area contributed by atoms with Gasteiger partial charge in [-0.2, -0.15) is 30.7 Å². The largest absolute Gasteiger partial charge is 0.459 e. The number of carbonyl (C=O) groups is 1. The van der Waals surface area contributed by atoms with E-state index in [0.717, 1.165) is 0 Å². The fraction of sp³-hybridized carbons (Fsp3) is 0.800. The number of ether oxygens (including phenoxy) is 1. The normalized spacial score (nSPS) is 13.8. The van der Waals surface area contributed by atoms with Crippen molar-refractivity contribution in [2.75, 3.05) is 6.86 Å². The zero-order chi connectivity index (χ0) is 13.6. The Morgan fingerprint density at radius 3 is 1.44 bits per heavy atom. The molecule has 16 heavy (non-hydrogen) atoms. The Kier molecular flexibility index (Phi) is 7.16. The molecule has 3 nitrogen and oxygen atoms in total. The van der Waals surface area contributed by atoms with E-state index in [4.69, 9.17) is 5.11 Å². The molecule has 11 heteroatoms. The monoisotopic (exact) mass is 264 g/mol. The van der Waals surface area contributed by atoms with Crippen molar-refractivity contribution in [2.24, 2.45) is 0 Å². The molecule has 0 fully saturated rings. The third-order valence-corrected chi connectivity index (χ3v) is 0.715. The molecule has 0 saturated carbocycles. The van der Waals surface area contributed by atoms with Crippen LogP contribution < -0.4 is 0 Å². The first-order valence-corrected chi connectivity index (χ1v) is 3.11. The highest BCUT2D eigenvalue weighted by Gasteiger charge is 2.55. The molecular weight excluding hydrogens is 260 g/mol. The number of hydrogen-bond acceptors (Lipinski definition) is 3. The Morgan fingerprint density at radius 1 is 1.12 bits per heavy atom. The maximum absolute atomic E-state index is 10.9. The zero-order valence-corrected chi connectivity index (χ0v) is 7.07. The average molecular weight is 264 g/mol. The summed E-state index contributed by atoms with van der Waals surface area (Å²) in [4.78, 5) is 9.24. The molecule has 1 N–H and O–H groups in total. The summed E-state index contributed by atoms with van der Waals surface area (Å²) in [5.74, 6) is -3.68. The number of Topliss-reactive ketones (excluding diaryl/α,β-unsaturated/α-hetero) is 1. The maximum atomic E-state index is 10.9. The van der Waals surface area contributed by atoms with E-state index in [9.17, 15) is 39.9 Å². The second-order valence-electron chi connectivity index (χ2n) is 1.89. The van der Waals surface area contributed by atoms with Crippen molar-refractivity contribution in [1.82, 2.24) is 0 Å². The highest BCUT2D eigenvalue weighted by molar-refractivity contribution is 5.89. The smallest absolute Gasteiger partial charge is 0.342 e. The molecule has 0 aromatic rings. The molecule has 0 rings (SSSR count). The summed E-state index contributed by atoms with van der Waals surface area (Å²) >= 11 is 0. The summed E-state index contributed by atoms with van der Waals surface area (Å²) in [5, 5.41) is 7.42. The van der Waals surface area contributed by atoms with Crippen molar-refractivity contribution >= 4 is 5.78 Å². The lowest BCUT2D eigenvalue weighted by atomic mass is 10.4. The summed E-state index contributed by atoms with van der Waals surface area (Å²) in [7, 11) is 0. The quantitative estimate of drug-likeness (QED) is 0.611. The van der Waals surface area contributed by atoms with Crippen LogP contribution in [0.25, 0.3) is 0 Å². The first-order chi connectivity index (χ1) is 6.92. The lowest BCUT2D eigenvalue weighted by molar-refractivity contribution is -0.217. The fourth-order valence-corrected chi connectivity index (χ4v) is 0.213. The molecule has 98 valence electrons. The third kappa shape index (κ3) is 9.58. The number of carbonyl (C=O) groups excluding carboxylic acids is 1. The third-order valence-electron chi connectivity index (χ3n) is 0.715. The molecule has 0 aliphatic carbocycles. The Bertz CT molecular complexity index is 191. The lowest BCUT2D eigenvalue weighted by Crippen LogP contribution is -2.36. The molecule has 0 aliphatic heterocycles. The Morgan fingerprint density at radius 2 is 1.44 bits per heavy atom. The zero-order valence-electron chi connectivity index (χ0n) is 7.07. The van der Waals surface area contributed by atoms with E-state index >= 15 is 0 Å². The molecule has 0 heterocycles. The number of halogens is 8. The predicted molar refractivity (Wildman–Crippen MR) is 31.3 cm³/mol. The van der Waals surface area contributed by atoms with Crippen molar-refractivity contribution in [2.45, 2.75) is 18.9 Å². The number of hydrogen-bond donors (Lipinski definition) is 1. The van der Waals surface area contributed by atoms with Gasteiger partial charge in [0.1, 0.15) is 0 Å². The van der Waals surface area contributed by atoms with Crippen LogP contribution in [0.4, 0.5) is 35.1 Å². The molecule has 0 bridgehead atoms. The van der Waals surface area contributed by atoms with E-state index in [2.05, 4.69) is 4.74 Å². The molecule has 0 aromatic heterocycles. The van der Waals surface area contributed by atoms with Crippen molar-refractivity contribution < 1.29 is 49.8 Å². The lowest BCUT2D eigenvalue weighted by Gasteiger charge is -2.06. The van der Waals surface area contributed by atoms with Gasteiger partial charge in [-0.3, -0.25) is 9.53 Å². The molecule has 0 spiro atoms. The number of rotatable bonds is 2. The Labute approximate surface area is 82.6 Å². The first-order valence-electron chi connectivity index (χ1n) is 3.11. The minimum absolute atomic E-state index is 1.29. The number of aliphatic hydroxyl groups is 1. The topological polar surface area (TPSA) is 46.5 Å². The van der Waals surface area contributed by atoms with E-state index in [0.29, 0.717) is 0 Å². The van der Waals surface area contributed by atoms with Crippen LogP contribution in [0.2, 0.25) is 0 Å². The molecule has 1 unspecified atom stereocenters. The van der Waals surface area contributed by atoms with Crippen molar-refractivity contribution in [3.05, 3.63) is 0 Å². The molecule has 0 amide bonds. The highest BCUT2D eigenvalue weighted by Crippen LogP contribution is 2.28. The maximum Gasteiger partial charge on any atom is 0.459 e. The molecule has 0 aromatic carbocycles. The van der Waals surface area contributed by atoms with Gasteiger partial charge in [-0.25, -0.2) is 4.39 Å². The number of alkyl halides is 8. The van der Waals surface area contributed by atoms with E-state index in [-0.39, 0.29) is 0 Å². The van der Waals surface area contributed by atoms with Crippen LogP contribution in [-0.4, -0.2) is 36.6 Å². The van der Waals surface area contributed by atoms with Gasteiger partial charge < -0.3 is 5.11 Å². The minimum Gasteiger partial charge on any atom is -0.342 e. The van der Waals surface area contributed by atoms with Gasteiger partial charge in [0.15, 0.2) is 6.86 Å². The van der Waals surface area contributed by atoms with Crippen LogP contribution in [0, 0.1) is 0 Å². The summed E-state index contributed by atoms with van der Waals surface area (Å²) in [6.07, 6.45) is -11.6. The summed E-state index contributed by atoms with van der Waals surface area (Å²) < 4.78 is 89.9. The van der Waals surface area contributed by atoms with Crippen molar-refractivity contribution in [1.29, 1.82) is 0 Å². The highest BCUT2D eigenvalue weighted by atomic mass is 19.4. The summed E-state index contributed by atoms with van der Waals surface area (Å²) in [6.45, 7) is -3.77. The van der Waals surface area contributed by atoms with Crippen molar-refractivity contribution in [3.8, 4) is 0 Å². The van der Waals surface area contributed by atoms with Crippen LogP contribution in [0.15, 0.2) is 0 Å². The second kappa shape index (κ2) is 6.58. The minimum atomic E-state index is -5.82. The summed E-state index contributed by atoms with van der Waals surface area (Å²) in [6, 6.07) is 0. The second-order valence-corrected chi connectivity index (χ2v) is 1.89. The van der Waals surface area contributed by atoms with Gasteiger partial charge >= 0.3 is 24.7 Å². The van der Waals surface area contributed by atoms with Gasteiger partial charge in [0.2, 0.25) is 0 Å². The van der Waals surface area contributed by atoms with Crippen LogP contribution >= 0.6 is 0 Å². The van der Waals surface area contributed by atoms with E-state index < -0.39 is 31.5 Å². The predicted octanol–water partition coefficient (Wildman–Crippen LogP) is 1.86. The van der Waals surface area contributed by atoms with Gasteiger partial charge in [-0.05, 0) is 0 Å². The van der Waals surface area contributed by atoms with E-state index in [1.54, 1.807) is 0 Å². The molecular formula is C5H4F8O3. The van der Waals surface area contributed by atoms with Gasteiger partial charge in [-0.15, -0.1) is 0 Å². The van der Waals surface area contributed by atoms with Gasteiger partial charge in [-0.1, -0.05) is 0 Å². The first kappa shape index (κ1) is 17.4. The molecule has 0 radical (unpaired) electrons. The van der Waals surface area contributed by atoms with Gasteiger partial charge in [0.05, 0.1) is 0 Å². The average Bonchev–Trinajstić information content (AvgIpc) is 2.00. The number of aliphatic hydroxyl groups excluding tert-OH is 1. The standard InChI is InChI=1S/C3F6O.C2H4F2O2/c4-2(5,6)1(10)3(7,8)9;3-1-6-2(4)5/h;2,5H,1H2. The number of ketones is 1. The molecule has 0 saturated heterocycles. The van der Waals surface area contributed by atoms with Crippen LogP contribution in [0.5, 0.6) is 0 Å².